The van der Waals surface area contributed by atoms with Gasteiger partial charge in [0.2, 0.25) is 0 Å². The first kappa shape index (κ1) is 18.9. The van der Waals surface area contributed by atoms with E-state index in [1.165, 1.54) is 11.3 Å². The largest absolute Gasteiger partial charge is 0.353 e. The molecule has 1 aliphatic heterocycles. The van der Waals surface area contributed by atoms with Gasteiger partial charge in [-0.25, -0.2) is 15.0 Å². The van der Waals surface area contributed by atoms with Gasteiger partial charge in [0.1, 0.15) is 16.5 Å². The maximum Gasteiger partial charge on any atom is 0.273 e. The van der Waals surface area contributed by atoms with Crippen molar-refractivity contribution in [3.8, 4) is 21.3 Å². The van der Waals surface area contributed by atoms with Gasteiger partial charge in [0.25, 0.3) is 5.91 Å². The summed E-state index contributed by atoms with van der Waals surface area (Å²) in [6.45, 7) is 2.77. The molecule has 0 spiro atoms. The van der Waals surface area contributed by atoms with Gasteiger partial charge < -0.3 is 9.80 Å². The second kappa shape index (κ2) is 8.33. The zero-order valence-corrected chi connectivity index (χ0v) is 17.8. The predicted octanol–water partition coefficient (Wildman–Crippen LogP) is 4.29. The predicted molar refractivity (Wildman–Crippen MR) is 121 cm³/mol. The molecular weight excluding hydrogens is 414 g/mol. The number of thiazole rings is 1. The third-order valence-corrected chi connectivity index (χ3v) is 6.90. The lowest BCUT2D eigenvalue weighted by atomic mass is 10.2. The Labute approximate surface area is 182 Å². The van der Waals surface area contributed by atoms with Gasteiger partial charge in [-0.15, -0.1) is 22.7 Å². The number of carbonyl (C=O) groups is 1. The number of rotatable bonds is 4. The van der Waals surface area contributed by atoms with Gasteiger partial charge in [-0.05, 0) is 17.5 Å². The molecule has 30 heavy (non-hydrogen) atoms. The molecule has 150 valence electrons. The van der Waals surface area contributed by atoms with Crippen molar-refractivity contribution in [2.45, 2.75) is 0 Å². The molecule has 1 amide bonds. The number of piperazine rings is 1. The number of anilines is 1. The zero-order valence-electron chi connectivity index (χ0n) is 16.1. The minimum atomic E-state index is 0.00127. The highest BCUT2D eigenvalue weighted by molar-refractivity contribution is 7.20. The van der Waals surface area contributed by atoms with Crippen LogP contribution in [-0.4, -0.2) is 51.9 Å². The highest BCUT2D eigenvalue weighted by atomic mass is 32.1. The smallest absolute Gasteiger partial charge is 0.273 e. The molecule has 0 saturated carbocycles. The van der Waals surface area contributed by atoms with Gasteiger partial charge >= 0.3 is 0 Å². The molecule has 0 aliphatic carbocycles. The van der Waals surface area contributed by atoms with Crippen LogP contribution in [0.15, 0.2) is 65.5 Å². The number of aromatic nitrogens is 3. The van der Waals surface area contributed by atoms with Crippen molar-refractivity contribution in [1.29, 1.82) is 0 Å². The third-order valence-electron chi connectivity index (χ3n) is 5.02. The molecule has 8 heteroatoms. The second-order valence-electron chi connectivity index (χ2n) is 6.90. The van der Waals surface area contributed by atoms with Crippen LogP contribution >= 0.6 is 22.7 Å². The van der Waals surface area contributed by atoms with Crippen molar-refractivity contribution in [2.24, 2.45) is 0 Å². The Morgan fingerprint density at radius 2 is 1.73 bits per heavy atom. The number of thiophene rings is 1. The highest BCUT2D eigenvalue weighted by Crippen LogP contribution is 2.28. The van der Waals surface area contributed by atoms with Gasteiger partial charge in [0, 0.05) is 43.3 Å². The van der Waals surface area contributed by atoms with Crippen LogP contribution in [0.2, 0.25) is 0 Å². The van der Waals surface area contributed by atoms with Crippen LogP contribution in [0.1, 0.15) is 10.5 Å². The summed E-state index contributed by atoms with van der Waals surface area (Å²) in [4.78, 5) is 31.8. The van der Waals surface area contributed by atoms with Crippen LogP contribution in [0, 0.1) is 0 Å². The Bertz CT molecular complexity index is 1140. The molecule has 1 aromatic carbocycles. The zero-order chi connectivity index (χ0) is 20.3. The van der Waals surface area contributed by atoms with Gasteiger partial charge in [-0.1, -0.05) is 36.4 Å². The van der Waals surface area contributed by atoms with Crippen molar-refractivity contribution >= 4 is 34.4 Å². The number of benzene rings is 1. The minimum Gasteiger partial charge on any atom is -0.353 e. The number of carbonyl (C=O) groups excluding carboxylic acids is 1. The van der Waals surface area contributed by atoms with E-state index in [0.29, 0.717) is 18.8 Å². The summed E-state index contributed by atoms with van der Waals surface area (Å²) in [6, 6.07) is 15.9. The molecule has 4 heterocycles. The molecule has 0 atom stereocenters. The third kappa shape index (κ3) is 3.83. The van der Waals surface area contributed by atoms with E-state index < -0.39 is 0 Å². The topological polar surface area (TPSA) is 62.2 Å². The molecule has 1 saturated heterocycles. The first-order valence-corrected chi connectivity index (χ1v) is 11.5. The Morgan fingerprint density at radius 1 is 0.900 bits per heavy atom. The summed E-state index contributed by atoms with van der Waals surface area (Å²) in [5, 5.41) is 4.79. The van der Waals surface area contributed by atoms with Crippen molar-refractivity contribution < 1.29 is 4.79 Å². The summed E-state index contributed by atoms with van der Waals surface area (Å²) < 4.78 is 0. The lowest BCUT2D eigenvalue weighted by Gasteiger charge is -2.35. The maximum atomic E-state index is 12.9. The fourth-order valence-electron chi connectivity index (χ4n) is 3.44. The number of amides is 1. The average Bonchev–Trinajstić information content (AvgIpc) is 3.52. The Hall–Kier alpha value is -3.10. The van der Waals surface area contributed by atoms with E-state index in [4.69, 9.17) is 4.98 Å². The van der Waals surface area contributed by atoms with Gasteiger partial charge in [-0.3, -0.25) is 4.79 Å². The lowest BCUT2D eigenvalue weighted by Crippen LogP contribution is -2.49. The van der Waals surface area contributed by atoms with Gasteiger partial charge in [-0.2, -0.15) is 0 Å². The normalized spacial score (nSPS) is 14.1. The van der Waals surface area contributed by atoms with Crippen molar-refractivity contribution in [1.82, 2.24) is 19.9 Å². The van der Waals surface area contributed by atoms with E-state index in [9.17, 15) is 4.79 Å². The monoisotopic (exact) mass is 433 g/mol. The standard InChI is InChI=1S/C22H19N5OS2/c28-22(17-15-30-21(24-17)18-7-4-14-29-18)27-12-10-26(11-13-27)19-8-9-23-20(25-19)16-5-2-1-3-6-16/h1-9,14-15H,10-13H2. The Balaban J connectivity index is 1.25. The van der Waals surface area contributed by atoms with Crippen LogP contribution in [0.4, 0.5) is 5.82 Å². The van der Waals surface area contributed by atoms with Crippen molar-refractivity contribution in [2.75, 3.05) is 31.1 Å². The number of nitrogens with zero attached hydrogens (tertiary/aromatic N) is 5. The summed E-state index contributed by atoms with van der Waals surface area (Å²) in [6.07, 6.45) is 1.80. The van der Waals surface area contributed by atoms with Crippen LogP contribution in [0.5, 0.6) is 0 Å². The number of hydrogen-bond acceptors (Lipinski definition) is 7. The first-order chi connectivity index (χ1) is 14.8. The summed E-state index contributed by atoms with van der Waals surface area (Å²) in [5.41, 5.74) is 1.53. The molecule has 4 aromatic rings. The van der Waals surface area contributed by atoms with Crippen molar-refractivity contribution in [3.63, 3.8) is 0 Å². The molecule has 0 radical (unpaired) electrons. The fourth-order valence-corrected chi connectivity index (χ4v) is 5.05. The molecular formula is C22H19N5OS2. The first-order valence-electron chi connectivity index (χ1n) is 9.70. The van der Waals surface area contributed by atoms with E-state index in [0.717, 1.165) is 40.2 Å². The molecule has 0 unspecified atom stereocenters. The SMILES string of the molecule is O=C(c1csc(-c2cccs2)n1)N1CCN(c2ccnc(-c3ccccc3)n2)CC1. The maximum absolute atomic E-state index is 12.9. The number of hydrogen-bond donors (Lipinski definition) is 0. The summed E-state index contributed by atoms with van der Waals surface area (Å²) in [5.74, 6) is 1.61. The Morgan fingerprint density at radius 3 is 2.50 bits per heavy atom. The molecule has 0 bridgehead atoms. The average molecular weight is 434 g/mol. The molecule has 5 rings (SSSR count). The van der Waals surface area contributed by atoms with E-state index in [1.54, 1.807) is 17.5 Å². The quantitative estimate of drug-likeness (QED) is 0.480. The highest BCUT2D eigenvalue weighted by Gasteiger charge is 2.25. The molecule has 6 nitrogen and oxygen atoms in total. The minimum absolute atomic E-state index is 0.00127. The van der Waals surface area contributed by atoms with Crippen LogP contribution in [0.3, 0.4) is 0 Å². The van der Waals surface area contributed by atoms with Crippen molar-refractivity contribution in [3.05, 3.63) is 71.2 Å². The van der Waals surface area contributed by atoms with Crippen LogP contribution in [0.25, 0.3) is 21.3 Å². The lowest BCUT2D eigenvalue weighted by molar-refractivity contribution is 0.0741. The Kier molecular flexibility index (Phi) is 5.25. The molecule has 3 aromatic heterocycles. The fraction of sp³-hybridized carbons (Fsp3) is 0.182. The van der Waals surface area contributed by atoms with E-state index >= 15 is 0 Å². The molecule has 1 aliphatic rings. The van der Waals surface area contributed by atoms with Gasteiger partial charge in [0.15, 0.2) is 5.82 Å². The van der Waals surface area contributed by atoms with Crippen LogP contribution < -0.4 is 4.90 Å². The van der Waals surface area contributed by atoms with Gasteiger partial charge in [0.05, 0.1) is 4.88 Å². The van der Waals surface area contributed by atoms with E-state index in [1.807, 2.05) is 64.2 Å². The van der Waals surface area contributed by atoms with E-state index in [2.05, 4.69) is 14.9 Å². The second-order valence-corrected chi connectivity index (χ2v) is 8.70. The summed E-state index contributed by atoms with van der Waals surface area (Å²) >= 11 is 3.16. The van der Waals surface area contributed by atoms with E-state index in [-0.39, 0.29) is 5.91 Å². The van der Waals surface area contributed by atoms with Crippen LogP contribution in [-0.2, 0) is 0 Å². The molecule has 1 fully saturated rings. The summed E-state index contributed by atoms with van der Waals surface area (Å²) in [7, 11) is 0. The molecule has 0 N–H and O–H groups in total.